The number of nitrogens with zero attached hydrogens (tertiary/aromatic N) is 4. The molecule has 0 spiro atoms. The van der Waals surface area contributed by atoms with E-state index in [1.165, 1.54) is 44.6 Å². The number of para-hydroxylation sites is 1. The van der Waals surface area contributed by atoms with Crippen LogP contribution in [0.3, 0.4) is 0 Å². The largest absolute Gasteiger partial charge is 0.507 e. The number of benzene rings is 3. The Morgan fingerprint density at radius 1 is 0.780 bits per heavy atom. The van der Waals surface area contributed by atoms with Gasteiger partial charge in [-0.2, -0.15) is 0 Å². The van der Waals surface area contributed by atoms with Gasteiger partial charge in [-0.3, -0.25) is 19.7 Å². The number of phenolic OH excluding ortho intramolecular Hbond substituents is 1. The fourth-order valence-corrected chi connectivity index (χ4v) is 10.7. The minimum absolute atomic E-state index is 0.127. The zero-order chi connectivity index (χ0) is 40.9. The minimum Gasteiger partial charge on any atom is -0.507 e. The number of hydrogen-bond donors (Lipinski definition) is 4. The van der Waals surface area contributed by atoms with Crippen molar-refractivity contribution in [1.29, 1.82) is 0 Å². The van der Waals surface area contributed by atoms with Crippen LogP contribution in [0.15, 0.2) is 96.8 Å². The number of phenols is 1. The summed E-state index contributed by atoms with van der Waals surface area (Å²) in [6.07, 6.45) is 11.5. The first-order valence-corrected chi connectivity index (χ1v) is 21.9. The van der Waals surface area contributed by atoms with Crippen molar-refractivity contribution < 1.29 is 19.5 Å². The standard InChI is InChI=1S/C48H61N7O4/c49-31-40(30-43(50)42-8-4-5-9-44(42)56)54-28-21-48(22-29-54,38-6-2-1-3-7-38)47(59)55-26-19-35(20-27-55)37-18-23-52(33-37)32-34-16-24-53(25-17-34)39-12-10-36(11-13-39)41-14-15-45(57)51-46(41)58/h1-13,30-31,34-35,37,41,56H,14-29,32-33,49-50H2,(H,51,57,58)/b40-31+,43-30-. The van der Waals surface area contributed by atoms with Gasteiger partial charge in [-0.15, -0.1) is 0 Å². The van der Waals surface area contributed by atoms with Gasteiger partial charge in [0, 0.05) is 81.9 Å². The Hall–Kier alpha value is -5.29. The van der Waals surface area contributed by atoms with E-state index < -0.39 is 5.41 Å². The molecule has 11 heteroatoms. The zero-order valence-corrected chi connectivity index (χ0v) is 34.3. The van der Waals surface area contributed by atoms with Crippen LogP contribution in [0, 0.1) is 17.8 Å². The molecule has 3 aromatic rings. The number of hydrogen-bond acceptors (Lipinski definition) is 9. The molecule has 0 aromatic heterocycles. The maximum absolute atomic E-state index is 14.7. The van der Waals surface area contributed by atoms with Crippen molar-refractivity contribution in [2.45, 2.75) is 69.1 Å². The summed E-state index contributed by atoms with van der Waals surface area (Å²) in [7, 11) is 0. The summed E-state index contributed by atoms with van der Waals surface area (Å²) < 4.78 is 0. The Bertz CT molecular complexity index is 2010. The van der Waals surface area contributed by atoms with Gasteiger partial charge >= 0.3 is 0 Å². The van der Waals surface area contributed by atoms with Gasteiger partial charge in [0.05, 0.1) is 17.0 Å². The zero-order valence-electron chi connectivity index (χ0n) is 34.3. The van der Waals surface area contributed by atoms with E-state index >= 15 is 0 Å². The molecule has 5 aliphatic heterocycles. The van der Waals surface area contributed by atoms with Gasteiger partial charge in [-0.25, -0.2) is 0 Å². The maximum Gasteiger partial charge on any atom is 0.234 e. The Balaban J connectivity index is 0.812. The summed E-state index contributed by atoms with van der Waals surface area (Å²) in [5.41, 5.74) is 17.1. The van der Waals surface area contributed by atoms with E-state index in [4.69, 9.17) is 11.5 Å². The van der Waals surface area contributed by atoms with Crippen LogP contribution >= 0.6 is 0 Å². The number of piperidine rings is 4. The lowest BCUT2D eigenvalue weighted by Crippen LogP contribution is -2.54. The van der Waals surface area contributed by atoms with Crippen LogP contribution in [-0.2, 0) is 19.8 Å². The van der Waals surface area contributed by atoms with Crippen LogP contribution in [0.2, 0.25) is 0 Å². The van der Waals surface area contributed by atoms with Gasteiger partial charge in [-0.05, 0) is 117 Å². The molecule has 5 aliphatic rings. The highest BCUT2D eigenvalue weighted by molar-refractivity contribution is 6.01. The normalized spacial score (nSPS) is 24.0. The predicted molar refractivity (Wildman–Crippen MR) is 232 cm³/mol. The molecule has 5 saturated heterocycles. The first-order chi connectivity index (χ1) is 28.7. The van der Waals surface area contributed by atoms with Crippen molar-refractivity contribution in [1.82, 2.24) is 20.0 Å². The number of likely N-dealkylation sites (tertiary alicyclic amines) is 3. The highest BCUT2D eigenvalue weighted by Gasteiger charge is 2.46. The molecule has 2 unspecified atom stereocenters. The molecule has 8 rings (SSSR count). The molecule has 5 heterocycles. The number of nitrogens with one attached hydrogen (secondary N) is 1. The third kappa shape index (κ3) is 8.86. The van der Waals surface area contributed by atoms with Crippen molar-refractivity contribution in [3.8, 4) is 5.75 Å². The van der Waals surface area contributed by atoms with Crippen LogP contribution in [-0.4, -0.2) is 96.4 Å². The summed E-state index contributed by atoms with van der Waals surface area (Å²) in [4.78, 5) is 48.2. The van der Waals surface area contributed by atoms with Crippen molar-refractivity contribution in [2.75, 3.05) is 63.8 Å². The van der Waals surface area contributed by atoms with Gasteiger partial charge in [0.15, 0.2) is 0 Å². The Morgan fingerprint density at radius 3 is 2.14 bits per heavy atom. The maximum atomic E-state index is 14.7. The second-order valence-electron chi connectivity index (χ2n) is 17.6. The number of aromatic hydroxyl groups is 1. The second-order valence-corrected chi connectivity index (χ2v) is 17.6. The fraction of sp³-hybridized carbons (Fsp3) is 0.479. The first kappa shape index (κ1) is 40.5. The SMILES string of the molecule is N/C=C(\C=C(/N)c1ccccc1O)N1CCC(C(=O)N2CCC(C3CCN(CC4CCN(c5ccc(C6CCC(=O)NC6=O)cc5)CC4)C3)CC2)(c2ccccc2)CC1. The Morgan fingerprint density at radius 2 is 1.46 bits per heavy atom. The van der Waals surface area contributed by atoms with Crippen molar-refractivity contribution in [3.63, 3.8) is 0 Å². The van der Waals surface area contributed by atoms with Gasteiger partial charge < -0.3 is 36.2 Å². The lowest BCUT2D eigenvalue weighted by atomic mass is 9.71. The van der Waals surface area contributed by atoms with Crippen molar-refractivity contribution in [3.05, 3.63) is 114 Å². The number of imide groups is 1. The lowest BCUT2D eigenvalue weighted by molar-refractivity contribution is -0.141. The number of nitrogens with two attached hydrogens (primary N) is 2. The number of amides is 3. The van der Waals surface area contributed by atoms with E-state index in [0.717, 1.165) is 55.8 Å². The van der Waals surface area contributed by atoms with Gasteiger partial charge in [0.2, 0.25) is 17.7 Å². The topological polar surface area (TPSA) is 148 Å². The molecule has 3 amide bonds. The molecule has 312 valence electrons. The highest BCUT2D eigenvalue weighted by atomic mass is 16.3. The average molecular weight is 800 g/mol. The van der Waals surface area contributed by atoms with Crippen LogP contribution in [0.5, 0.6) is 5.75 Å². The van der Waals surface area contributed by atoms with Crippen LogP contribution in [0.1, 0.15) is 80.4 Å². The monoisotopic (exact) mass is 799 g/mol. The smallest absolute Gasteiger partial charge is 0.234 e. The molecule has 0 aliphatic carbocycles. The van der Waals surface area contributed by atoms with Gasteiger partial charge in [0.25, 0.3) is 0 Å². The summed E-state index contributed by atoms with van der Waals surface area (Å²) in [6, 6.07) is 25.8. The third-order valence-electron chi connectivity index (χ3n) is 14.2. The molecule has 6 N–H and O–H groups in total. The fourth-order valence-electron chi connectivity index (χ4n) is 10.7. The van der Waals surface area contributed by atoms with E-state index in [9.17, 15) is 19.5 Å². The lowest BCUT2D eigenvalue weighted by Gasteiger charge is -2.46. The van der Waals surface area contributed by atoms with E-state index in [2.05, 4.69) is 61.3 Å². The minimum atomic E-state index is -0.587. The Kier molecular flexibility index (Phi) is 12.3. The Labute approximate surface area is 349 Å². The van der Waals surface area contributed by atoms with Gasteiger partial charge in [0.1, 0.15) is 5.75 Å². The second kappa shape index (κ2) is 17.9. The summed E-state index contributed by atoms with van der Waals surface area (Å²) in [6.45, 7) is 8.58. The molecule has 5 fully saturated rings. The number of carbonyl (C=O) groups is 3. The molecular weight excluding hydrogens is 739 g/mol. The van der Waals surface area contributed by atoms with Gasteiger partial charge in [-0.1, -0.05) is 54.6 Å². The van der Waals surface area contributed by atoms with Crippen LogP contribution in [0.4, 0.5) is 5.69 Å². The molecule has 2 atom stereocenters. The molecule has 11 nitrogen and oxygen atoms in total. The van der Waals surface area contributed by atoms with Crippen LogP contribution < -0.4 is 21.7 Å². The molecule has 0 radical (unpaired) electrons. The molecule has 0 bridgehead atoms. The number of carbonyl (C=O) groups excluding carboxylic acids is 3. The number of rotatable bonds is 10. The third-order valence-corrected chi connectivity index (χ3v) is 14.2. The molecule has 0 saturated carbocycles. The summed E-state index contributed by atoms with van der Waals surface area (Å²) in [5.74, 6) is 1.84. The first-order valence-electron chi connectivity index (χ1n) is 21.9. The number of anilines is 1. The van der Waals surface area contributed by atoms with E-state index in [0.29, 0.717) is 67.8 Å². The quantitative estimate of drug-likeness (QED) is 0.154. The molecule has 3 aromatic carbocycles. The molecule has 59 heavy (non-hydrogen) atoms. The highest BCUT2D eigenvalue weighted by Crippen LogP contribution is 2.41. The van der Waals surface area contributed by atoms with E-state index in [-0.39, 0.29) is 29.4 Å². The summed E-state index contributed by atoms with van der Waals surface area (Å²) >= 11 is 0. The average Bonchev–Trinajstić information content (AvgIpc) is 3.74. The summed E-state index contributed by atoms with van der Waals surface area (Å²) in [5, 5.41) is 12.8. The van der Waals surface area contributed by atoms with Crippen molar-refractivity contribution >= 4 is 29.1 Å². The van der Waals surface area contributed by atoms with E-state index in [1.807, 2.05) is 30.3 Å². The predicted octanol–water partition coefficient (Wildman–Crippen LogP) is 5.52. The van der Waals surface area contributed by atoms with Crippen molar-refractivity contribution in [2.24, 2.45) is 29.2 Å². The van der Waals surface area contributed by atoms with E-state index in [1.54, 1.807) is 24.4 Å². The molecular formula is C48H61N7O4. The van der Waals surface area contributed by atoms with Crippen LogP contribution in [0.25, 0.3) is 5.70 Å². The number of allylic oxidation sites excluding steroid dienone is 1.